The Balaban J connectivity index is 0.00000364. The summed E-state index contributed by atoms with van der Waals surface area (Å²) in [5, 5.41) is 7.51. The van der Waals surface area contributed by atoms with E-state index in [0.29, 0.717) is 13.2 Å². The maximum atomic E-state index is 13.4. The number of guanidine groups is 1. The molecule has 0 radical (unpaired) electrons. The van der Waals surface area contributed by atoms with Crippen molar-refractivity contribution in [2.45, 2.75) is 19.3 Å². The number of aromatic amines is 1. The third-order valence-corrected chi connectivity index (χ3v) is 4.08. The minimum absolute atomic E-state index is 0. The third kappa shape index (κ3) is 8.44. The first kappa shape index (κ1) is 23.6. The molecule has 1 heterocycles. The number of ether oxygens (including phenoxy) is 2. The van der Waals surface area contributed by atoms with Crippen molar-refractivity contribution in [2.24, 2.45) is 4.99 Å². The van der Waals surface area contributed by atoms with Crippen molar-refractivity contribution in [3.8, 4) is 0 Å². The zero-order chi connectivity index (χ0) is 18.6. The number of hydrogen-bond donors (Lipinski definition) is 3. The predicted octanol–water partition coefficient (Wildman–Crippen LogP) is 3.08. The summed E-state index contributed by atoms with van der Waals surface area (Å²) in [5.74, 6) is 0.561. The maximum Gasteiger partial charge on any atom is 0.190 e. The van der Waals surface area contributed by atoms with Crippen LogP contribution in [0.25, 0.3) is 10.9 Å². The molecule has 0 aliphatic rings. The topological polar surface area (TPSA) is 70.7 Å². The second kappa shape index (κ2) is 13.7. The first-order valence-corrected chi connectivity index (χ1v) is 9.01. The molecule has 1 aromatic carbocycles. The third-order valence-electron chi connectivity index (χ3n) is 4.08. The van der Waals surface area contributed by atoms with Crippen molar-refractivity contribution in [2.75, 3.05) is 47.1 Å². The van der Waals surface area contributed by atoms with Gasteiger partial charge in [-0.25, -0.2) is 4.39 Å². The lowest BCUT2D eigenvalue weighted by molar-refractivity contribution is 0.0689. The molecular weight excluding hydrogens is 462 g/mol. The first-order valence-electron chi connectivity index (χ1n) is 9.01. The average Bonchev–Trinajstić information content (AvgIpc) is 3.04. The summed E-state index contributed by atoms with van der Waals surface area (Å²) in [6.07, 6.45) is 4.73. The summed E-state index contributed by atoms with van der Waals surface area (Å²) in [5.41, 5.74) is 2.05. The van der Waals surface area contributed by atoms with Gasteiger partial charge in [0, 0.05) is 51.0 Å². The van der Waals surface area contributed by atoms with Gasteiger partial charge in [0.15, 0.2) is 5.96 Å². The number of hydrogen-bond acceptors (Lipinski definition) is 3. The lowest BCUT2D eigenvalue weighted by Gasteiger charge is -2.11. The number of benzene rings is 1. The number of methoxy groups -OCH3 is 1. The molecule has 152 valence electrons. The van der Waals surface area contributed by atoms with E-state index in [1.165, 1.54) is 6.07 Å². The summed E-state index contributed by atoms with van der Waals surface area (Å²) in [6, 6.07) is 4.80. The minimum Gasteiger partial charge on any atom is -0.382 e. The van der Waals surface area contributed by atoms with Crippen molar-refractivity contribution < 1.29 is 13.9 Å². The lowest BCUT2D eigenvalue weighted by Crippen LogP contribution is -2.38. The highest BCUT2D eigenvalue weighted by atomic mass is 127. The molecule has 0 saturated heterocycles. The van der Waals surface area contributed by atoms with Crippen LogP contribution >= 0.6 is 24.0 Å². The van der Waals surface area contributed by atoms with Crippen LogP contribution in [0.3, 0.4) is 0 Å². The Morgan fingerprint density at radius 2 is 1.96 bits per heavy atom. The number of unbranched alkanes of at least 4 members (excludes halogenated alkanes) is 1. The summed E-state index contributed by atoms with van der Waals surface area (Å²) < 4.78 is 23.8. The number of nitrogens with one attached hydrogen (secondary N) is 3. The van der Waals surface area contributed by atoms with Crippen LogP contribution in [-0.4, -0.2) is 58.0 Å². The molecule has 0 unspecified atom stereocenters. The van der Waals surface area contributed by atoms with Crippen LogP contribution in [0.15, 0.2) is 29.4 Å². The fraction of sp³-hybridized carbons (Fsp3) is 0.526. The molecule has 0 spiro atoms. The van der Waals surface area contributed by atoms with E-state index in [1.54, 1.807) is 26.3 Å². The molecule has 6 nitrogen and oxygen atoms in total. The Hall–Kier alpha value is -1.39. The average molecular weight is 492 g/mol. The number of nitrogens with zero attached hydrogens (tertiary/aromatic N) is 1. The fourth-order valence-corrected chi connectivity index (χ4v) is 2.67. The van der Waals surface area contributed by atoms with Crippen LogP contribution in [0.2, 0.25) is 0 Å². The standard InChI is InChI=1S/C19H29FN4O2.HI/c1-21-19(22-8-3-4-10-26-12-11-25-2)23-9-7-15-14-24-18-6-5-16(20)13-17(15)18;/h5-6,13-14,24H,3-4,7-12H2,1-2H3,(H2,21,22,23);1H. The quantitative estimate of drug-likeness (QED) is 0.195. The van der Waals surface area contributed by atoms with E-state index in [0.717, 1.165) is 61.4 Å². The largest absolute Gasteiger partial charge is 0.382 e. The lowest BCUT2D eigenvalue weighted by atomic mass is 10.1. The smallest absolute Gasteiger partial charge is 0.190 e. The zero-order valence-electron chi connectivity index (χ0n) is 16.0. The van der Waals surface area contributed by atoms with E-state index in [2.05, 4.69) is 20.6 Å². The van der Waals surface area contributed by atoms with Crippen LogP contribution in [-0.2, 0) is 15.9 Å². The van der Waals surface area contributed by atoms with Crippen LogP contribution in [0.1, 0.15) is 18.4 Å². The van der Waals surface area contributed by atoms with E-state index < -0.39 is 0 Å². The van der Waals surface area contributed by atoms with Gasteiger partial charge in [-0.1, -0.05) is 0 Å². The van der Waals surface area contributed by atoms with Crippen molar-refractivity contribution in [3.05, 3.63) is 35.8 Å². The van der Waals surface area contributed by atoms with Crippen molar-refractivity contribution >= 4 is 40.8 Å². The first-order chi connectivity index (χ1) is 12.7. The minimum atomic E-state index is -0.213. The molecule has 0 bridgehead atoms. The van der Waals surface area contributed by atoms with Gasteiger partial charge in [0.25, 0.3) is 0 Å². The molecule has 8 heteroatoms. The van der Waals surface area contributed by atoms with Gasteiger partial charge in [-0.2, -0.15) is 0 Å². The molecule has 0 saturated carbocycles. The van der Waals surface area contributed by atoms with Crippen LogP contribution in [0.5, 0.6) is 0 Å². The molecule has 1 aromatic heterocycles. The monoisotopic (exact) mass is 492 g/mol. The number of rotatable bonds is 11. The second-order valence-corrected chi connectivity index (χ2v) is 5.99. The van der Waals surface area contributed by atoms with Gasteiger partial charge in [-0.05, 0) is 43.0 Å². The molecule has 0 atom stereocenters. The molecule has 2 aromatic rings. The molecular formula is C19H30FIN4O2. The summed E-state index contributed by atoms with van der Waals surface area (Å²) in [7, 11) is 3.42. The van der Waals surface area contributed by atoms with Gasteiger partial charge in [0.1, 0.15) is 5.82 Å². The maximum absolute atomic E-state index is 13.4. The van der Waals surface area contributed by atoms with E-state index in [9.17, 15) is 4.39 Å². The Labute approximate surface area is 177 Å². The summed E-state index contributed by atoms with van der Waals surface area (Å²) >= 11 is 0. The van der Waals surface area contributed by atoms with E-state index in [4.69, 9.17) is 9.47 Å². The normalized spacial score (nSPS) is 11.4. The molecule has 27 heavy (non-hydrogen) atoms. The Kier molecular flexibility index (Phi) is 12.0. The fourth-order valence-electron chi connectivity index (χ4n) is 2.67. The van der Waals surface area contributed by atoms with Crippen LogP contribution in [0.4, 0.5) is 4.39 Å². The summed E-state index contributed by atoms with van der Waals surface area (Å²) in [4.78, 5) is 7.39. The number of aliphatic imine (C=N–C) groups is 1. The number of halogens is 2. The van der Waals surface area contributed by atoms with Crippen LogP contribution < -0.4 is 10.6 Å². The molecule has 0 fully saturated rings. The zero-order valence-corrected chi connectivity index (χ0v) is 18.3. The second-order valence-electron chi connectivity index (χ2n) is 5.99. The summed E-state index contributed by atoms with van der Waals surface area (Å²) in [6.45, 7) is 3.59. The van der Waals surface area contributed by atoms with E-state index >= 15 is 0 Å². The Morgan fingerprint density at radius 1 is 1.15 bits per heavy atom. The molecule has 0 amide bonds. The SMILES string of the molecule is CN=C(NCCCCOCCOC)NCCc1c[nH]c2ccc(F)cc12.I. The van der Waals surface area contributed by atoms with E-state index in [1.807, 2.05) is 6.20 Å². The van der Waals surface area contributed by atoms with Crippen molar-refractivity contribution in [1.29, 1.82) is 0 Å². The van der Waals surface area contributed by atoms with Gasteiger partial charge < -0.3 is 25.1 Å². The van der Waals surface area contributed by atoms with Gasteiger partial charge in [0.2, 0.25) is 0 Å². The number of aromatic nitrogens is 1. The van der Waals surface area contributed by atoms with Crippen molar-refractivity contribution in [3.63, 3.8) is 0 Å². The van der Waals surface area contributed by atoms with E-state index in [-0.39, 0.29) is 29.8 Å². The highest BCUT2D eigenvalue weighted by Gasteiger charge is 2.05. The Morgan fingerprint density at radius 3 is 2.74 bits per heavy atom. The van der Waals surface area contributed by atoms with Crippen LogP contribution in [0, 0.1) is 5.82 Å². The Bertz CT molecular complexity index is 693. The number of fused-ring (bicyclic) bond motifs is 1. The van der Waals surface area contributed by atoms with Gasteiger partial charge in [-0.3, -0.25) is 4.99 Å². The van der Waals surface area contributed by atoms with Gasteiger partial charge in [-0.15, -0.1) is 24.0 Å². The highest BCUT2D eigenvalue weighted by Crippen LogP contribution is 2.19. The predicted molar refractivity (Wildman–Crippen MR) is 119 cm³/mol. The van der Waals surface area contributed by atoms with Gasteiger partial charge >= 0.3 is 0 Å². The highest BCUT2D eigenvalue weighted by molar-refractivity contribution is 14.0. The molecule has 2 rings (SSSR count). The number of H-pyrrole nitrogens is 1. The van der Waals surface area contributed by atoms with Crippen molar-refractivity contribution in [1.82, 2.24) is 15.6 Å². The molecule has 3 N–H and O–H groups in total. The molecule has 0 aliphatic carbocycles. The molecule has 0 aliphatic heterocycles. The van der Waals surface area contributed by atoms with Gasteiger partial charge in [0.05, 0.1) is 13.2 Å².